The van der Waals surface area contributed by atoms with Crippen LogP contribution in [0.25, 0.3) is 0 Å². The number of amides is 1. The van der Waals surface area contributed by atoms with Gasteiger partial charge in [-0.2, -0.15) is 0 Å². The summed E-state index contributed by atoms with van der Waals surface area (Å²) in [4.78, 5) is 11.6. The summed E-state index contributed by atoms with van der Waals surface area (Å²) in [6.45, 7) is 0. The Bertz CT molecular complexity index is 390. The van der Waals surface area contributed by atoms with Crippen molar-refractivity contribution >= 4 is 11.6 Å². The zero-order valence-electron chi connectivity index (χ0n) is 7.73. The molecule has 0 bridgehead atoms. The molecule has 1 aromatic carbocycles. The maximum absolute atomic E-state index is 11.6. The molecule has 1 aliphatic carbocycles. The fourth-order valence-electron chi connectivity index (χ4n) is 1.35. The van der Waals surface area contributed by atoms with Crippen molar-refractivity contribution < 1.29 is 4.79 Å². The Morgan fingerprint density at radius 1 is 1.21 bits per heavy atom. The smallest absolute Gasteiger partial charge is 0.255 e. The highest BCUT2D eigenvalue weighted by Gasteiger charge is 2.08. The van der Waals surface area contributed by atoms with E-state index in [2.05, 4.69) is 5.32 Å². The van der Waals surface area contributed by atoms with E-state index in [0.29, 0.717) is 0 Å². The van der Waals surface area contributed by atoms with Crippen molar-refractivity contribution in [2.75, 3.05) is 5.32 Å². The highest BCUT2D eigenvalue weighted by Crippen LogP contribution is 2.12. The summed E-state index contributed by atoms with van der Waals surface area (Å²) in [5.41, 5.74) is 1.58. The topological polar surface area (TPSA) is 29.1 Å². The van der Waals surface area contributed by atoms with E-state index >= 15 is 0 Å². The number of anilines is 1. The van der Waals surface area contributed by atoms with Crippen molar-refractivity contribution in [2.45, 2.75) is 6.42 Å². The Kier molecular flexibility index (Phi) is 2.45. The molecule has 0 saturated heterocycles. The number of carbonyl (C=O) groups excluding carboxylic acids is 1. The Balaban J connectivity index is 2.05. The van der Waals surface area contributed by atoms with Gasteiger partial charge in [0.25, 0.3) is 5.91 Å². The van der Waals surface area contributed by atoms with Crippen LogP contribution in [-0.2, 0) is 4.79 Å². The highest BCUT2D eigenvalue weighted by atomic mass is 16.1. The molecule has 2 rings (SSSR count). The molecule has 0 unspecified atom stereocenters. The first kappa shape index (κ1) is 8.75. The van der Waals surface area contributed by atoms with Crippen LogP contribution in [0, 0.1) is 0 Å². The zero-order valence-corrected chi connectivity index (χ0v) is 7.73. The standard InChI is InChI=1S/C12H11NO/c14-12(10-6-4-5-7-10)13-11-8-2-1-3-9-11/h1-4,6-9H,5H2,(H,13,14). The summed E-state index contributed by atoms with van der Waals surface area (Å²) in [6, 6.07) is 9.46. The molecule has 0 fully saturated rings. The van der Waals surface area contributed by atoms with Gasteiger partial charge in [-0.1, -0.05) is 36.4 Å². The van der Waals surface area contributed by atoms with Gasteiger partial charge in [-0.05, 0) is 18.6 Å². The Morgan fingerprint density at radius 3 is 2.64 bits per heavy atom. The molecular formula is C12H11NO. The Labute approximate surface area is 82.9 Å². The molecule has 1 aliphatic rings. The summed E-state index contributed by atoms with van der Waals surface area (Å²) in [5.74, 6) is -0.0371. The second-order valence-corrected chi connectivity index (χ2v) is 3.12. The fraction of sp³-hybridized carbons (Fsp3) is 0.0833. The summed E-state index contributed by atoms with van der Waals surface area (Å²) >= 11 is 0. The van der Waals surface area contributed by atoms with Gasteiger partial charge >= 0.3 is 0 Å². The van der Waals surface area contributed by atoms with Gasteiger partial charge in [-0.3, -0.25) is 4.79 Å². The number of para-hydroxylation sites is 1. The van der Waals surface area contributed by atoms with E-state index in [9.17, 15) is 4.79 Å². The van der Waals surface area contributed by atoms with Gasteiger partial charge in [0.15, 0.2) is 0 Å². The van der Waals surface area contributed by atoms with Gasteiger partial charge in [0.2, 0.25) is 0 Å². The second-order valence-electron chi connectivity index (χ2n) is 3.12. The molecule has 0 atom stereocenters. The lowest BCUT2D eigenvalue weighted by atomic mass is 10.2. The van der Waals surface area contributed by atoms with E-state index in [1.54, 1.807) is 0 Å². The van der Waals surface area contributed by atoms with Crippen LogP contribution in [0.5, 0.6) is 0 Å². The van der Waals surface area contributed by atoms with Crippen LogP contribution >= 0.6 is 0 Å². The third-order valence-corrected chi connectivity index (χ3v) is 2.07. The van der Waals surface area contributed by atoms with E-state index in [-0.39, 0.29) is 5.91 Å². The SMILES string of the molecule is O=C(Nc1ccccc1)C1=CCC=C1. The van der Waals surface area contributed by atoms with E-state index in [4.69, 9.17) is 0 Å². The number of rotatable bonds is 2. The van der Waals surface area contributed by atoms with Gasteiger partial charge in [-0.15, -0.1) is 0 Å². The van der Waals surface area contributed by atoms with Crippen LogP contribution in [0.15, 0.2) is 54.1 Å². The van der Waals surface area contributed by atoms with Crippen LogP contribution in [0.3, 0.4) is 0 Å². The first-order chi connectivity index (χ1) is 6.86. The largest absolute Gasteiger partial charge is 0.322 e. The van der Waals surface area contributed by atoms with E-state index in [1.807, 2.05) is 48.6 Å². The van der Waals surface area contributed by atoms with Crippen LogP contribution in [0.4, 0.5) is 5.69 Å². The summed E-state index contributed by atoms with van der Waals surface area (Å²) < 4.78 is 0. The van der Waals surface area contributed by atoms with Crippen LogP contribution < -0.4 is 5.32 Å². The molecule has 0 spiro atoms. The van der Waals surface area contributed by atoms with E-state index in [0.717, 1.165) is 17.7 Å². The van der Waals surface area contributed by atoms with Crippen molar-refractivity contribution in [1.82, 2.24) is 0 Å². The number of carbonyl (C=O) groups is 1. The van der Waals surface area contributed by atoms with Crippen LogP contribution in [0.2, 0.25) is 0 Å². The predicted molar refractivity (Wildman–Crippen MR) is 56.9 cm³/mol. The first-order valence-electron chi connectivity index (χ1n) is 4.59. The average Bonchev–Trinajstić information content (AvgIpc) is 2.72. The molecule has 2 heteroatoms. The lowest BCUT2D eigenvalue weighted by Gasteiger charge is -2.03. The minimum absolute atomic E-state index is 0.0371. The van der Waals surface area contributed by atoms with Crippen molar-refractivity contribution in [1.29, 1.82) is 0 Å². The monoisotopic (exact) mass is 185 g/mol. The lowest BCUT2D eigenvalue weighted by molar-refractivity contribution is -0.112. The molecule has 0 heterocycles. The number of hydrogen-bond acceptors (Lipinski definition) is 1. The third-order valence-electron chi connectivity index (χ3n) is 2.07. The first-order valence-corrected chi connectivity index (χ1v) is 4.59. The van der Waals surface area contributed by atoms with Crippen molar-refractivity contribution in [3.8, 4) is 0 Å². The molecule has 0 aromatic heterocycles. The Hall–Kier alpha value is -1.83. The van der Waals surface area contributed by atoms with Crippen LogP contribution in [-0.4, -0.2) is 5.91 Å². The maximum atomic E-state index is 11.6. The molecule has 70 valence electrons. The number of benzene rings is 1. The second kappa shape index (κ2) is 3.92. The van der Waals surface area contributed by atoms with E-state index in [1.165, 1.54) is 0 Å². The molecular weight excluding hydrogens is 174 g/mol. The molecule has 0 aliphatic heterocycles. The minimum atomic E-state index is -0.0371. The van der Waals surface area contributed by atoms with Gasteiger partial charge in [-0.25, -0.2) is 0 Å². The van der Waals surface area contributed by atoms with Gasteiger partial charge in [0, 0.05) is 11.3 Å². The maximum Gasteiger partial charge on any atom is 0.255 e. The average molecular weight is 185 g/mol. The zero-order chi connectivity index (χ0) is 9.80. The fourth-order valence-corrected chi connectivity index (χ4v) is 1.35. The molecule has 1 amide bonds. The van der Waals surface area contributed by atoms with Gasteiger partial charge in [0.1, 0.15) is 0 Å². The summed E-state index contributed by atoms with van der Waals surface area (Å²) in [6.07, 6.45) is 6.59. The number of nitrogens with one attached hydrogen (secondary N) is 1. The number of hydrogen-bond donors (Lipinski definition) is 1. The van der Waals surface area contributed by atoms with Gasteiger partial charge in [0.05, 0.1) is 0 Å². The van der Waals surface area contributed by atoms with Crippen LogP contribution in [0.1, 0.15) is 6.42 Å². The minimum Gasteiger partial charge on any atom is -0.322 e. The molecule has 2 nitrogen and oxygen atoms in total. The lowest BCUT2D eigenvalue weighted by Crippen LogP contribution is -2.12. The summed E-state index contributed by atoms with van der Waals surface area (Å²) in [7, 11) is 0. The molecule has 1 aromatic rings. The van der Waals surface area contributed by atoms with Gasteiger partial charge < -0.3 is 5.32 Å². The normalized spacial score (nSPS) is 13.9. The molecule has 1 N–H and O–H groups in total. The molecule has 0 radical (unpaired) electrons. The number of allylic oxidation sites excluding steroid dienone is 2. The Morgan fingerprint density at radius 2 is 2.00 bits per heavy atom. The van der Waals surface area contributed by atoms with Crippen molar-refractivity contribution in [2.24, 2.45) is 0 Å². The summed E-state index contributed by atoms with van der Waals surface area (Å²) in [5, 5.41) is 2.83. The molecule has 14 heavy (non-hydrogen) atoms. The predicted octanol–water partition coefficient (Wildman–Crippen LogP) is 2.51. The third kappa shape index (κ3) is 1.91. The van der Waals surface area contributed by atoms with Crippen molar-refractivity contribution in [3.05, 3.63) is 54.1 Å². The molecule has 0 saturated carbocycles. The quantitative estimate of drug-likeness (QED) is 0.753. The van der Waals surface area contributed by atoms with E-state index < -0.39 is 0 Å². The highest BCUT2D eigenvalue weighted by molar-refractivity contribution is 6.06. The van der Waals surface area contributed by atoms with Crippen molar-refractivity contribution in [3.63, 3.8) is 0 Å².